The van der Waals surface area contributed by atoms with Crippen molar-refractivity contribution in [3.63, 3.8) is 0 Å². The van der Waals surface area contributed by atoms with Gasteiger partial charge in [-0.25, -0.2) is 24.3 Å². The second-order valence-corrected chi connectivity index (χ2v) is 5.49. The molecule has 0 N–H and O–H groups in total. The molecule has 0 saturated carbocycles. The molecule has 0 unspecified atom stereocenters. The van der Waals surface area contributed by atoms with Crippen molar-refractivity contribution in [2.24, 2.45) is 0 Å². The molecular formula is C14H7BrClFN4O2. The van der Waals surface area contributed by atoms with E-state index in [2.05, 4.69) is 35.9 Å². The van der Waals surface area contributed by atoms with Gasteiger partial charge in [-0.3, -0.25) is 0 Å². The zero-order valence-electron chi connectivity index (χ0n) is 11.3. The van der Waals surface area contributed by atoms with Crippen molar-refractivity contribution in [1.29, 1.82) is 0 Å². The van der Waals surface area contributed by atoms with E-state index >= 15 is 0 Å². The molecule has 0 saturated heterocycles. The fourth-order valence-corrected chi connectivity index (χ4v) is 1.87. The van der Waals surface area contributed by atoms with Gasteiger partial charge in [0, 0.05) is 12.4 Å². The number of rotatable bonds is 4. The van der Waals surface area contributed by atoms with Crippen molar-refractivity contribution < 1.29 is 13.9 Å². The van der Waals surface area contributed by atoms with Crippen molar-refractivity contribution in [1.82, 2.24) is 19.9 Å². The van der Waals surface area contributed by atoms with Gasteiger partial charge >= 0.3 is 12.0 Å². The normalized spacial score (nSPS) is 10.4. The molecule has 2 heterocycles. The average molecular weight is 398 g/mol. The van der Waals surface area contributed by atoms with E-state index in [4.69, 9.17) is 21.1 Å². The molecule has 0 radical (unpaired) electrons. The molecule has 0 spiro atoms. The van der Waals surface area contributed by atoms with Crippen molar-refractivity contribution in [3.8, 4) is 23.5 Å². The predicted octanol–water partition coefficient (Wildman–Crippen LogP) is 4.41. The number of nitrogens with zero attached hydrogens (tertiary/aromatic N) is 4. The van der Waals surface area contributed by atoms with E-state index in [-0.39, 0.29) is 23.5 Å². The topological polar surface area (TPSA) is 70.0 Å². The van der Waals surface area contributed by atoms with Crippen LogP contribution in [0.2, 0.25) is 5.02 Å². The molecule has 0 aliphatic rings. The smallest absolute Gasteiger partial charge is 0.322 e. The first-order valence-electron chi connectivity index (χ1n) is 6.21. The lowest BCUT2D eigenvalue weighted by Crippen LogP contribution is -1.98. The summed E-state index contributed by atoms with van der Waals surface area (Å²) in [6.45, 7) is 0. The molecule has 0 bridgehead atoms. The molecule has 2 aromatic heterocycles. The minimum atomic E-state index is -0.636. The monoisotopic (exact) mass is 396 g/mol. The first kappa shape index (κ1) is 15.6. The zero-order chi connectivity index (χ0) is 16.2. The lowest BCUT2D eigenvalue weighted by atomic mass is 10.3. The third-order valence-corrected chi connectivity index (χ3v) is 3.12. The second kappa shape index (κ2) is 6.84. The minimum absolute atomic E-state index is 0.00146. The van der Waals surface area contributed by atoms with Crippen LogP contribution in [0.1, 0.15) is 0 Å². The summed E-state index contributed by atoms with van der Waals surface area (Å²) in [4.78, 5) is 15.6. The molecule has 23 heavy (non-hydrogen) atoms. The van der Waals surface area contributed by atoms with Gasteiger partial charge in [0.1, 0.15) is 0 Å². The van der Waals surface area contributed by atoms with E-state index in [1.54, 1.807) is 0 Å². The van der Waals surface area contributed by atoms with Gasteiger partial charge in [-0.1, -0.05) is 17.7 Å². The van der Waals surface area contributed by atoms with Crippen LogP contribution in [0.25, 0.3) is 0 Å². The van der Waals surface area contributed by atoms with Crippen LogP contribution >= 0.6 is 27.5 Å². The standard InChI is InChI=1S/C14H7BrClFN4O2/c15-8-4-18-14(19-5-8)23-12-10(17)2-1-3-11(12)22-13-20-6-9(16)7-21-13/h1-7H. The molecule has 0 aliphatic heterocycles. The van der Waals surface area contributed by atoms with Gasteiger partial charge in [-0.2, -0.15) is 0 Å². The van der Waals surface area contributed by atoms with Crippen LogP contribution in [0.15, 0.2) is 47.5 Å². The van der Waals surface area contributed by atoms with Crippen LogP contribution in [-0.2, 0) is 0 Å². The van der Waals surface area contributed by atoms with Crippen LogP contribution in [-0.4, -0.2) is 19.9 Å². The van der Waals surface area contributed by atoms with E-state index in [0.717, 1.165) is 0 Å². The fraction of sp³-hybridized carbons (Fsp3) is 0. The minimum Gasteiger partial charge on any atom is -0.420 e. The summed E-state index contributed by atoms with van der Waals surface area (Å²) in [6.07, 6.45) is 5.68. The highest BCUT2D eigenvalue weighted by Gasteiger charge is 2.15. The maximum absolute atomic E-state index is 14.1. The Hall–Kier alpha value is -2.32. The zero-order valence-corrected chi connectivity index (χ0v) is 13.6. The third kappa shape index (κ3) is 3.91. The molecular weight excluding hydrogens is 391 g/mol. The summed E-state index contributed by atoms with van der Waals surface area (Å²) in [5.74, 6) is -0.727. The predicted molar refractivity (Wildman–Crippen MR) is 83.3 cm³/mol. The van der Waals surface area contributed by atoms with Crippen molar-refractivity contribution in [2.75, 3.05) is 0 Å². The number of hydrogen-bond acceptors (Lipinski definition) is 6. The van der Waals surface area contributed by atoms with Gasteiger partial charge in [0.2, 0.25) is 5.75 Å². The number of hydrogen-bond donors (Lipinski definition) is 0. The maximum atomic E-state index is 14.1. The molecule has 0 atom stereocenters. The molecule has 6 nitrogen and oxygen atoms in total. The third-order valence-electron chi connectivity index (χ3n) is 2.52. The number of halogens is 3. The quantitative estimate of drug-likeness (QED) is 0.649. The maximum Gasteiger partial charge on any atom is 0.322 e. The van der Waals surface area contributed by atoms with Crippen LogP contribution in [0.4, 0.5) is 4.39 Å². The lowest BCUT2D eigenvalue weighted by molar-refractivity contribution is 0.364. The lowest BCUT2D eigenvalue weighted by Gasteiger charge is -2.10. The van der Waals surface area contributed by atoms with Crippen LogP contribution in [0, 0.1) is 5.82 Å². The van der Waals surface area contributed by atoms with Crippen LogP contribution < -0.4 is 9.47 Å². The number of benzene rings is 1. The van der Waals surface area contributed by atoms with Crippen molar-refractivity contribution in [2.45, 2.75) is 0 Å². The second-order valence-electron chi connectivity index (χ2n) is 4.14. The molecule has 0 aliphatic carbocycles. The Kier molecular flexibility index (Phi) is 4.63. The summed E-state index contributed by atoms with van der Waals surface area (Å²) in [6, 6.07) is 4.18. The van der Waals surface area contributed by atoms with E-state index < -0.39 is 5.82 Å². The molecule has 1 aromatic carbocycles. The van der Waals surface area contributed by atoms with Gasteiger partial charge in [0.25, 0.3) is 0 Å². The van der Waals surface area contributed by atoms with E-state index in [9.17, 15) is 4.39 Å². The summed E-state index contributed by atoms with van der Waals surface area (Å²) >= 11 is 8.91. The Labute approximate surface area is 143 Å². The molecule has 9 heteroatoms. The Morgan fingerprint density at radius 2 is 1.52 bits per heavy atom. The highest BCUT2D eigenvalue weighted by molar-refractivity contribution is 9.10. The van der Waals surface area contributed by atoms with Gasteiger partial charge in [0.05, 0.1) is 21.9 Å². The number of para-hydroxylation sites is 1. The molecule has 3 aromatic rings. The van der Waals surface area contributed by atoms with Crippen LogP contribution in [0.3, 0.4) is 0 Å². The summed E-state index contributed by atoms with van der Waals surface area (Å²) in [5.41, 5.74) is 0. The fourth-order valence-electron chi connectivity index (χ4n) is 1.56. The Morgan fingerprint density at radius 1 is 0.913 bits per heavy atom. The van der Waals surface area contributed by atoms with E-state index in [0.29, 0.717) is 9.50 Å². The SMILES string of the molecule is Fc1cccc(Oc2ncc(Cl)cn2)c1Oc1ncc(Br)cn1. The number of ether oxygens (including phenoxy) is 2. The van der Waals surface area contributed by atoms with Crippen LogP contribution in [0.5, 0.6) is 23.5 Å². The van der Waals surface area contributed by atoms with Crippen molar-refractivity contribution >= 4 is 27.5 Å². The van der Waals surface area contributed by atoms with Gasteiger partial charge in [-0.05, 0) is 28.1 Å². The Morgan fingerprint density at radius 3 is 2.22 bits per heavy atom. The Bertz CT molecular complexity index is 818. The van der Waals surface area contributed by atoms with E-state index in [1.165, 1.54) is 43.0 Å². The highest BCUT2D eigenvalue weighted by atomic mass is 79.9. The molecule has 116 valence electrons. The number of aromatic nitrogens is 4. The summed E-state index contributed by atoms with van der Waals surface area (Å²) in [5, 5.41) is 0.358. The molecule has 3 rings (SSSR count). The first-order valence-corrected chi connectivity index (χ1v) is 7.38. The molecule has 0 fully saturated rings. The average Bonchev–Trinajstić information content (AvgIpc) is 2.55. The van der Waals surface area contributed by atoms with E-state index in [1.807, 2.05) is 0 Å². The van der Waals surface area contributed by atoms with Gasteiger partial charge < -0.3 is 9.47 Å². The summed E-state index contributed by atoms with van der Waals surface area (Å²) in [7, 11) is 0. The van der Waals surface area contributed by atoms with Gasteiger partial charge in [-0.15, -0.1) is 0 Å². The Balaban J connectivity index is 1.90. The highest BCUT2D eigenvalue weighted by Crippen LogP contribution is 2.35. The first-order chi connectivity index (χ1) is 11.1. The van der Waals surface area contributed by atoms with Crippen molar-refractivity contribution in [3.05, 3.63) is 58.3 Å². The summed E-state index contributed by atoms with van der Waals surface area (Å²) < 4.78 is 25.5. The largest absolute Gasteiger partial charge is 0.420 e. The van der Waals surface area contributed by atoms with Gasteiger partial charge in [0.15, 0.2) is 11.6 Å². The molecule has 0 amide bonds.